The van der Waals surface area contributed by atoms with E-state index in [1.165, 1.54) is 77.0 Å². The van der Waals surface area contributed by atoms with Crippen LogP contribution in [-0.2, 0) is 4.79 Å². The van der Waals surface area contributed by atoms with Gasteiger partial charge in [-0.05, 0) is 87.9 Å². The van der Waals surface area contributed by atoms with Crippen LogP contribution in [0.15, 0.2) is 0 Å². The van der Waals surface area contributed by atoms with Gasteiger partial charge in [0.1, 0.15) is 6.17 Å². The van der Waals surface area contributed by atoms with E-state index in [-0.39, 0.29) is 0 Å². The Kier molecular flexibility index (Phi) is 8.42. The zero-order chi connectivity index (χ0) is 22.6. The molecule has 0 heterocycles. The van der Waals surface area contributed by atoms with Gasteiger partial charge in [0.25, 0.3) is 0 Å². The number of alkyl halides is 1. The second-order valence-corrected chi connectivity index (χ2v) is 12.6. The van der Waals surface area contributed by atoms with Crippen LogP contribution in [0.25, 0.3) is 0 Å². The fourth-order valence-electron chi connectivity index (χ4n) is 8.56. The summed E-state index contributed by atoms with van der Waals surface area (Å²) in [5.74, 6) is 3.70. The minimum absolute atomic E-state index is 0.364. The molecule has 0 unspecified atom stereocenters. The smallest absolute Gasteiger partial charge is 0.151 e. The number of hydrogen-bond acceptors (Lipinski definition) is 1. The number of unbranched alkanes of at least 4 members (excludes halogenated alkanes) is 4. The Morgan fingerprint density at radius 1 is 0.656 bits per heavy atom. The highest BCUT2D eigenvalue weighted by Crippen LogP contribution is 2.66. The molecule has 0 N–H and O–H groups in total. The molecule has 4 saturated carbocycles. The summed E-state index contributed by atoms with van der Waals surface area (Å²) in [6.45, 7) is 4.55. The van der Waals surface area contributed by atoms with Crippen LogP contribution in [0, 0.1) is 34.5 Å². The molecule has 0 bridgehead atoms. The number of rotatable bonds is 9. The van der Waals surface area contributed by atoms with Gasteiger partial charge in [-0.2, -0.15) is 0 Å². The number of ketones is 1. The van der Waals surface area contributed by atoms with Gasteiger partial charge in [-0.3, -0.25) is 4.79 Å². The Morgan fingerprint density at radius 2 is 1.09 bits per heavy atom. The fourth-order valence-corrected chi connectivity index (χ4v) is 8.56. The first-order valence-electron chi connectivity index (χ1n) is 14.7. The number of Topliss-reactive ketones (excluding diaryl/α,β-unsaturated/α-hetero) is 1. The average molecular weight is 447 g/mol. The van der Waals surface area contributed by atoms with Gasteiger partial charge in [-0.15, -0.1) is 0 Å². The van der Waals surface area contributed by atoms with E-state index < -0.39 is 17.0 Å². The van der Waals surface area contributed by atoms with Gasteiger partial charge >= 0.3 is 0 Å². The van der Waals surface area contributed by atoms with Gasteiger partial charge in [-0.25, -0.2) is 4.39 Å². The summed E-state index contributed by atoms with van der Waals surface area (Å²) in [6, 6.07) is 0. The Labute approximate surface area is 198 Å². The van der Waals surface area contributed by atoms with E-state index in [0.717, 1.165) is 75.0 Å². The lowest BCUT2D eigenvalue weighted by Gasteiger charge is -2.61. The maximum Gasteiger partial charge on any atom is 0.151 e. The van der Waals surface area contributed by atoms with Crippen molar-refractivity contribution in [3.8, 4) is 0 Å². The van der Waals surface area contributed by atoms with Crippen LogP contribution in [0.1, 0.15) is 142 Å². The largest absolute Gasteiger partial charge is 0.298 e. The SMILES string of the molecule is CCCCCC1CCC(C2CC[C@]3(CC2)C(=O)[C@@]2(CCC(CCCCC)CC2)[C@H]3F)CC1. The molecule has 4 aliphatic rings. The molecule has 0 radical (unpaired) electrons. The Morgan fingerprint density at radius 3 is 1.56 bits per heavy atom. The van der Waals surface area contributed by atoms with E-state index in [0.29, 0.717) is 5.78 Å². The molecular weight excluding hydrogens is 395 g/mol. The van der Waals surface area contributed by atoms with Crippen molar-refractivity contribution in [2.24, 2.45) is 34.5 Å². The van der Waals surface area contributed by atoms with Crippen molar-refractivity contribution in [2.45, 2.75) is 148 Å². The Hall–Kier alpha value is -0.400. The van der Waals surface area contributed by atoms with Crippen molar-refractivity contribution in [3.63, 3.8) is 0 Å². The summed E-state index contributed by atoms with van der Waals surface area (Å²) >= 11 is 0. The van der Waals surface area contributed by atoms with Crippen LogP contribution < -0.4 is 0 Å². The molecule has 184 valence electrons. The zero-order valence-corrected chi connectivity index (χ0v) is 21.3. The summed E-state index contributed by atoms with van der Waals surface area (Å²) < 4.78 is 15.8. The monoisotopic (exact) mass is 446 g/mol. The molecule has 4 aliphatic carbocycles. The zero-order valence-electron chi connectivity index (χ0n) is 21.3. The molecule has 32 heavy (non-hydrogen) atoms. The summed E-state index contributed by atoms with van der Waals surface area (Å²) in [6.07, 6.45) is 23.4. The summed E-state index contributed by atoms with van der Waals surface area (Å²) in [4.78, 5) is 13.5. The molecule has 1 atom stereocenters. The summed E-state index contributed by atoms with van der Waals surface area (Å²) in [5.41, 5.74) is -1.13. The van der Waals surface area contributed by atoms with Crippen LogP contribution in [0.3, 0.4) is 0 Å². The number of halogens is 1. The van der Waals surface area contributed by atoms with E-state index in [1.54, 1.807) is 0 Å². The van der Waals surface area contributed by atoms with Gasteiger partial charge in [0.05, 0.1) is 10.8 Å². The van der Waals surface area contributed by atoms with Crippen molar-refractivity contribution < 1.29 is 9.18 Å². The highest BCUT2D eigenvalue weighted by molar-refractivity contribution is 5.98. The lowest BCUT2D eigenvalue weighted by Crippen LogP contribution is -2.69. The van der Waals surface area contributed by atoms with Crippen LogP contribution in [0.4, 0.5) is 4.39 Å². The first-order chi connectivity index (χ1) is 15.6. The predicted octanol–water partition coefficient (Wildman–Crippen LogP) is 9.23. The van der Waals surface area contributed by atoms with E-state index >= 15 is 4.39 Å². The van der Waals surface area contributed by atoms with E-state index in [4.69, 9.17) is 0 Å². The van der Waals surface area contributed by atoms with Crippen LogP contribution in [0.5, 0.6) is 0 Å². The number of hydrogen-bond donors (Lipinski definition) is 0. The third-order valence-corrected chi connectivity index (χ3v) is 10.8. The normalized spacial score (nSPS) is 42.3. The maximum atomic E-state index is 15.8. The molecule has 0 saturated heterocycles. The minimum atomic E-state index is -0.839. The van der Waals surface area contributed by atoms with Crippen molar-refractivity contribution >= 4 is 5.78 Å². The molecule has 0 aliphatic heterocycles. The van der Waals surface area contributed by atoms with Gasteiger partial charge in [0.2, 0.25) is 0 Å². The lowest BCUT2D eigenvalue weighted by atomic mass is 9.41. The van der Waals surface area contributed by atoms with Crippen molar-refractivity contribution in [3.05, 3.63) is 0 Å². The molecule has 4 rings (SSSR count). The average Bonchev–Trinajstić information content (AvgIpc) is 2.85. The third-order valence-electron chi connectivity index (χ3n) is 10.8. The standard InChI is InChI=1S/C30H51FO/c1-3-5-7-9-23-11-13-25(14-12-23)26-17-21-30(22-18-26)27(31)29(28(30)32)19-15-24(16-20-29)10-8-6-4-2/h23-27H,3-22H2,1-2H3/t23?,24?,25?,26?,27-,29-,30-/m1/s1. The molecule has 0 amide bonds. The predicted molar refractivity (Wildman–Crippen MR) is 132 cm³/mol. The fraction of sp³-hybridized carbons (Fsp3) is 0.967. The second kappa shape index (κ2) is 10.9. The highest BCUT2D eigenvalue weighted by Gasteiger charge is 2.71. The minimum Gasteiger partial charge on any atom is -0.298 e. The van der Waals surface area contributed by atoms with Gasteiger partial charge in [-0.1, -0.05) is 78.1 Å². The first kappa shape index (κ1) is 24.7. The van der Waals surface area contributed by atoms with Gasteiger partial charge < -0.3 is 0 Å². The Balaban J connectivity index is 1.22. The second-order valence-electron chi connectivity index (χ2n) is 12.6. The van der Waals surface area contributed by atoms with Crippen LogP contribution in [0.2, 0.25) is 0 Å². The molecule has 2 spiro atoms. The molecule has 1 nitrogen and oxygen atoms in total. The lowest BCUT2D eigenvalue weighted by molar-refractivity contribution is -0.194. The molecule has 0 aromatic rings. The van der Waals surface area contributed by atoms with E-state index in [2.05, 4.69) is 13.8 Å². The van der Waals surface area contributed by atoms with E-state index in [1.807, 2.05) is 0 Å². The molecule has 0 aromatic heterocycles. The molecule has 0 aromatic carbocycles. The first-order valence-corrected chi connectivity index (χ1v) is 14.7. The van der Waals surface area contributed by atoms with Crippen molar-refractivity contribution in [1.82, 2.24) is 0 Å². The number of carbonyl (C=O) groups excluding carboxylic acids is 1. The third kappa shape index (κ3) is 4.72. The van der Waals surface area contributed by atoms with Crippen LogP contribution >= 0.6 is 0 Å². The maximum absolute atomic E-state index is 15.8. The van der Waals surface area contributed by atoms with Crippen molar-refractivity contribution in [2.75, 3.05) is 0 Å². The highest BCUT2D eigenvalue weighted by atomic mass is 19.1. The van der Waals surface area contributed by atoms with Crippen LogP contribution in [-0.4, -0.2) is 12.0 Å². The summed E-state index contributed by atoms with van der Waals surface area (Å²) in [7, 11) is 0. The molecule has 2 heteroatoms. The summed E-state index contributed by atoms with van der Waals surface area (Å²) in [5, 5.41) is 0. The van der Waals surface area contributed by atoms with E-state index in [9.17, 15) is 4.79 Å². The van der Waals surface area contributed by atoms with Gasteiger partial charge in [0.15, 0.2) is 5.78 Å². The van der Waals surface area contributed by atoms with Crippen molar-refractivity contribution in [1.29, 1.82) is 0 Å². The quantitative estimate of drug-likeness (QED) is 0.322. The molecular formula is C30H51FO. The molecule has 4 fully saturated rings. The van der Waals surface area contributed by atoms with Gasteiger partial charge in [0, 0.05) is 0 Å². The number of carbonyl (C=O) groups is 1. The topological polar surface area (TPSA) is 17.1 Å². The Bertz CT molecular complexity index is 588.